The van der Waals surface area contributed by atoms with E-state index < -0.39 is 12.3 Å². The van der Waals surface area contributed by atoms with Crippen LogP contribution in [-0.4, -0.2) is 50.1 Å². The summed E-state index contributed by atoms with van der Waals surface area (Å²) in [6.45, 7) is 4.15. The second kappa shape index (κ2) is 10.5. The molecule has 4 unspecified atom stereocenters. The van der Waals surface area contributed by atoms with E-state index in [1.54, 1.807) is 11.0 Å². The summed E-state index contributed by atoms with van der Waals surface area (Å²) in [4.78, 5) is 14.3. The van der Waals surface area contributed by atoms with Gasteiger partial charge in [-0.15, -0.1) is 0 Å². The number of carbonyl (C=O) groups excluding carboxylic acids is 1. The predicted molar refractivity (Wildman–Crippen MR) is 129 cm³/mol. The first kappa shape index (κ1) is 23.9. The molecule has 3 heterocycles. The van der Waals surface area contributed by atoms with E-state index in [2.05, 4.69) is 16.9 Å². The molecule has 2 aromatic rings. The number of nitrogens with two attached hydrogens (primary N) is 1. The minimum atomic E-state index is -0.451. The molecule has 2 fully saturated rings. The first-order valence-electron chi connectivity index (χ1n) is 12.0. The Morgan fingerprint density at radius 2 is 1.92 bits per heavy atom. The molecule has 1 amide bonds. The summed E-state index contributed by atoms with van der Waals surface area (Å²) in [5, 5.41) is 10.0. The van der Waals surface area contributed by atoms with E-state index in [4.69, 9.17) is 24.7 Å². The number of hydrazine groups is 1. The van der Waals surface area contributed by atoms with Crippen molar-refractivity contribution >= 4 is 6.09 Å². The van der Waals surface area contributed by atoms with Gasteiger partial charge in [-0.3, -0.25) is 0 Å². The molecule has 188 valence electrons. The van der Waals surface area contributed by atoms with Gasteiger partial charge in [-0.1, -0.05) is 36.4 Å². The molecule has 0 aromatic heterocycles. The van der Waals surface area contributed by atoms with Gasteiger partial charge in [0.15, 0.2) is 17.7 Å². The maximum atomic E-state index is 12.7. The lowest BCUT2D eigenvalue weighted by atomic mass is 9.74. The molecule has 4 atom stereocenters. The summed E-state index contributed by atoms with van der Waals surface area (Å²) < 4.78 is 22.7. The molecule has 0 bridgehead atoms. The van der Waals surface area contributed by atoms with Gasteiger partial charge in [0.25, 0.3) is 0 Å². The number of hydrogen-bond acceptors (Lipinski definition) is 9. The Kier molecular flexibility index (Phi) is 6.95. The van der Waals surface area contributed by atoms with E-state index in [-0.39, 0.29) is 23.8 Å². The van der Waals surface area contributed by atoms with Crippen molar-refractivity contribution in [2.75, 3.05) is 32.9 Å². The van der Waals surface area contributed by atoms with Gasteiger partial charge in [0.2, 0.25) is 5.88 Å². The van der Waals surface area contributed by atoms with Crippen LogP contribution in [0.1, 0.15) is 30.0 Å². The van der Waals surface area contributed by atoms with E-state index >= 15 is 0 Å². The van der Waals surface area contributed by atoms with Gasteiger partial charge in [-0.2, -0.15) is 5.26 Å². The van der Waals surface area contributed by atoms with Crippen LogP contribution in [0.2, 0.25) is 0 Å². The van der Waals surface area contributed by atoms with Crippen molar-refractivity contribution in [2.24, 2.45) is 11.7 Å². The zero-order chi connectivity index (χ0) is 25.1. The Labute approximate surface area is 209 Å². The van der Waals surface area contributed by atoms with E-state index in [1.165, 1.54) is 0 Å². The molecule has 2 saturated heterocycles. The van der Waals surface area contributed by atoms with E-state index in [0.29, 0.717) is 50.0 Å². The summed E-state index contributed by atoms with van der Waals surface area (Å²) >= 11 is 0. The van der Waals surface area contributed by atoms with Crippen molar-refractivity contribution in [3.05, 3.63) is 71.1 Å². The fraction of sp³-hybridized carbons (Fsp3) is 0.385. The van der Waals surface area contributed by atoms with E-state index in [1.807, 2.05) is 49.4 Å². The summed E-state index contributed by atoms with van der Waals surface area (Å²) in [6.07, 6.45) is -0.889. The Balaban J connectivity index is 1.50. The van der Waals surface area contributed by atoms with Gasteiger partial charge in [0.05, 0.1) is 31.4 Å². The van der Waals surface area contributed by atoms with Crippen LogP contribution >= 0.6 is 0 Å². The first-order valence-corrected chi connectivity index (χ1v) is 12.0. The van der Waals surface area contributed by atoms with E-state index in [9.17, 15) is 10.1 Å². The van der Waals surface area contributed by atoms with Gasteiger partial charge in [0.1, 0.15) is 6.07 Å². The fourth-order valence-corrected chi connectivity index (χ4v) is 5.02. The zero-order valence-corrected chi connectivity index (χ0v) is 20.0. The maximum Gasteiger partial charge on any atom is 0.415 e. The summed E-state index contributed by atoms with van der Waals surface area (Å²) in [7, 11) is 0. The second-order valence-corrected chi connectivity index (χ2v) is 8.77. The molecule has 4 N–H and O–H groups in total. The number of nitriles is 1. The number of nitrogens with one attached hydrogen (secondary N) is 2. The molecule has 0 saturated carbocycles. The lowest BCUT2D eigenvalue weighted by Gasteiger charge is -2.36. The minimum Gasteiger partial charge on any atom is -0.490 e. The lowest BCUT2D eigenvalue weighted by molar-refractivity contribution is 0.0340. The maximum absolute atomic E-state index is 12.7. The number of hydrogen-bond donors (Lipinski definition) is 3. The molecule has 3 aliphatic rings. The third-order valence-electron chi connectivity index (χ3n) is 6.70. The van der Waals surface area contributed by atoms with Crippen LogP contribution in [0.15, 0.2) is 60.0 Å². The van der Waals surface area contributed by atoms with Gasteiger partial charge < -0.3 is 29.6 Å². The van der Waals surface area contributed by atoms with Gasteiger partial charge in [0, 0.05) is 24.9 Å². The molecule has 10 heteroatoms. The average Bonchev–Trinajstić information content (AvgIpc) is 3.33. The van der Waals surface area contributed by atoms with Crippen LogP contribution < -0.4 is 26.1 Å². The molecule has 5 rings (SSSR count). The molecule has 0 radical (unpaired) electrons. The van der Waals surface area contributed by atoms with Crippen LogP contribution in [-0.2, 0) is 9.47 Å². The Morgan fingerprint density at radius 3 is 2.64 bits per heavy atom. The third kappa shape index (κ3) is 4.56. The van der Waals surface area contributed by atoms with Crippen LogP contribution in [0.5, 0.6) is 11.5 Å². The summed E-state index contributed by atoms with van der Waals surface area (Å²) in [5.41, 5.74) is 14.9. The standard InChI is InChI=1S/C26H29N5O5/c1-2-34-20-14-17(8-9-19(20)35-26(32)31-10-12-33-13-11-31)21-18(15-27)24(28)36-25-22(21)23(29-30-25)16-6-4-3-5-7-16/h3-9,14,21-23,25,29-30H,2,10-13,28H2,1H3. The van der Waals surface area contributed by atoms with Crippen LogP contribution in [0, 0.1) is 17.2 Å². The summed E-state index contributed by atoms with van der Waals surface area (Å²) in [6, 6.07) is 17.5. The van der Waals surface area contributed by atoms with Crippen LogP contribution in [0.25, 0.3) is 0 Å². The highest BCUT2D eigenvalue weighted by molar-refractivity contribution is 5.72. The van der Waals surface area contributed by atoms with Crippen molar-refractivity contribution < 1.29 is 23.7 Å². The quantitative estimate of drug-likeness (QED) is 0.577. The highest BCUT2D eigenvalue weighted by Gasteiger charge is 2.49. The molecular weight excluding hydrogens is 462 g/mol. The Morgan fingerprint density at radius 1 is 1.14 bits per heavy atom. The van der Waals surface area contributed by atoms with Gasteiger partial charge >= 0.3 is 6.09 Å². The second-order valence-electron chi connectivity index (χ2n) is 8.77. The predicted octanol–water partition coefficient (Wildman–Crippen LogP) is 2.52. The molecule has 0 aliphatic carbocycles. The molecule has 3 aliphatic heterocycles. The topological polar surface area (TPSA) is 131 Å². The van der Waals surface area contributed by atoms with E-state index in [0.717, 1.165) is 11.1 Å². The number of fused-ring (bicyclic) bond motifs is 1. The monoisotopic (exact) mass is 491 g/mol. The molecule has 2 aromatic carbocycles. The number of ether oxygens (including phenoxy) is 4. The van der Waals surface area contributed by atoms with Gasteiger partial charge in [-0.05, 0) is 30.2 Å². The van der Waals surface area contributed by atoms with Crippen molar-refractivity contribution in [1.82, 2.24) is 15.8 Å². The van der Waals surface area contributed by atoms with Crippen LogP contribution in [0.3, 0.4) is 0 Å². The third-order valence-corrected chi connectivity index (χ3v) is 6.70. The number of amides is 1. The highest BCUT2D eigenvalue weighted by Crippen LogP contribution is 2.48. The number of benzene rings is 2. The number of morpholine rings is 1. The van der Waals surface area contributed by atoms with Crippen molar-refractivity contribution in [3.8, 4) is 17.6 Å². The molecular formula is C26H29N5O5. The number of rotatable bonds is 5. The largest absolute Gasteiger partial charge is 0.490 e. The average molecular weight is 492 g/mol. The van der Waals surface area contributed by atoms with Gasteiger partial charge in [-0.25, -0.2) is 15.6 Å². The number of allylic oxidation sites excluding steroid dienone is 1. The highest BCUT2D eigenvalue weighted by atomic mass is 16.6. The zero-order valence-electron chi connectivity index (χ0n) is 20.0. The summed E-state index contributed by atoms with van der Waals surface area (Å²) in [5.74, 6) is 0.270. The first-order chi connectivity index (χ1) is 17.6. The van der Waals surface area contributed by atoms with Crippen LogP contribution in [0.4, 0.5) is 4.79 Å². The molecule has 10 nitrogen and oxygen atoms in total. The fourth-order valence-electron chi connectivity index (χ4n) is 5.02. The molecule has 0 spiro atoms. The number of nitrogens with zero attached hydrogens (tertiary/aromatic N) is 2. The lowest BCUT2D eigenvalue weighted by Crippen LogP contribution is -2.42. The smallest absolute Gasteiger partial charge is 0.415 e. The Hall–Kier alpha value is -3.78. The SMILES string of the molecule is CCOc1cc(C2C(C#N)=C(N)OC3NNC(c4ccccc4)C32)ccc1OC(=O)N1CCOCC1. The Bertz CT molecular complexity index is 1170. The minimum absolute atomic E-state index is 0.0903. The molecule has 36 heavy (non-hydrogen) atoms. The van der Waals surface area contributed by atoms with Crippen molar-refractivity contribution in [1.29, 1.82) is 5.26 Å². The van der Waals surface area contributed by atoms with Crippen molar-refractivity contribution in [2.45, 2.75) is 25.1 Å². The number of carbonyl (C=O) groups is 1. The van der Waals surface area contributed by atoms with Crippen molar-refractivity contribution in [3.63, 3.8) is 0 Å². The normalized spacial score (nSPS) is 25.5.